The number of anilines is 1. The summed E-state index contributed by atoms with van der Waals surface area (Å²) in [4.78, 5) is 34.2. The Morgan fingerprint density at radius 2 is 1.64 bits per heavy atom. The molecule has 0 unspecified atom stereocenters. The number of alkyl carbamates (subject to hydrolysis) is 1. The monoisotopic (exact) mass is 634 g/mol. The molecule has 12 heteroatoms. The van der Waals surface area contributed by atoms with E-state index in [0.717, 1.165) is 5.69 Å². The average molecular weight is 635 g/mol. The summed E-state index contributed by atoms with van der Waals surface area (Å²) < 4.78 is 50.5. The maximum Gasteiger partial charge on any atom is 0.408 e. The highest BCUT2D eigenvalue weighted by Gasteiger charge is 2.31. The van der Waals surface area contributed by atoms with Crippen molar-refractivity contribution in [1.29, 1.82) is 0 Å². The van der Waals surface area contributed by atoms with E-state index in [1.165, 1.54) is 36.5 Å². The zero-order valence-corrected chi connectivity index (χ0v) is 26.1. The number of nitrogens with zero attached hydrogens (tertiary/aromatic N) is 3. The molecule has 0 saturated carbocycles. The fourth-order valence-electron chi connectivity index (χ4n) is 5.11. The lowest BCUT2D eigenvalue weighted by Gasteiger charge is -2.37. The minimum Gasteiger partial charge on any atom is -0.444 e. The Morgan fingerprint density at radius 3 is 2.31 bits per heavy atom. The maximum absolute atomic E-state index is 13.7. The first-order valence-electron chi connectivity index (χ1n) is 14.5. The van der Waals surface area contributed by atoms with Gasteiger partial charge in [0.1, 0.15) is 28.1 Å². The van der Waals surface area contributed by atoms with Crippen LogP contribution in [0.1, 0.15) is 26.3 Å². The lowest BCUT2D eigenvalue weighted by atomic mass is 10.0. The van der Waals surface area contributed by atoms with Crippen LogP contribution < -0.4 is 14.4 Å². The molecule has 1 aliphatic rings. The Hall–Kier alpha value is -4.71. The van der Waals surface area contributed by atoms with Crippen LogP contribution in [-0.4, -0.2) is 68.1 Å². The molecule has 0 aliphatic carbocycles. The molecule has 0 spiro atoms. The van der Waals surface area contributed by atoms with E-state index in [1.807, 2.05) is 0 Å². The highest BCUT2D eigenvalue weighted by Crippen LogP contribution is 2.26. The molecule has 236 valence electrons. The molecule has 1 atom stereocenters. The van der Waals surface area contributed by atoms with Gasteiger partial charge < -0.3 is 24.0 Å². The Bertz CT molecular complexity index is 1760. The summed E-state index contributed by atoms with van der Waals surface area (Å²) in [5, 5.41) is 3.89. The van der Waals surface area contributed by atoms with Crippen LogP contribution in [0.4, 0.5) is 14.9 Å². The normalized spacial score (nSPS) is 14.6. The first-order chi connectivity index (χ1) is 21.4. The number of piperazine rings is 1. The predicted octanol–water partition coefficient (Wildman–Crippen LogP) is 4.93. The summed E-state index contributed by atoms with van der Waals surface area (Å²) in [5.74, 6) is -0.481. The second kappa shape index (κ2) is 13.1. The summed E-state index contributed by atoms with van der Waals surface area (Å²) >= 11 is 0. The van der Waals surface area contributed by atoms with Gasteiger partial charge in [0.05, 0.1) is 0 Å². The molecule has 1 saturated heterocycles. The standard InChI is InChI=1S/C33H35FN4O6S/c1-33(2,3)43-32(40)36-29(31(39)38-19-17-37(18-20-38)26-11-9-25(34)10-12-26)21-23-7-13-27(14-8-23)44-45(41,42)30-6-4-5-24-22-35-16-15-28(24)30/h4-16,22,29H,17-21H2,1-3H3,(H,36,40)/t29-/m0/s1. The van der Waals surface area contributed by atoms with Gasteiger partial charge in [0.15, 0.2) is 0 Å². The van der Waals surface area contributed by atoms with Gasteiger partial charge in [-0.05, 0) is 74.9 Å². The molecule has 1 aromatic heterocycles. The van der Waals surface area contributed by atoms with E-state index in [-0.39, 0.29) is 28.8 Å². The molecule has 10 nitrogen and oxygen atoms in total. The lowest BCUT2D eigenvalue weighted by molar-refractivity contribution is -0.133. The van der Waals surface area contributed by atoms with Gasteiger partial charge >= 0.3 is 16.2 Å². The Morgan fingerprint density at radius 1 is 0.956 bits per heavy atom. The number of ether oxygens (including phenoxy) is 1. The molecular formula is C33H35FN4O6S. The Labute approximate surface area is 261 Å². The third-order valence-corrected chi connectivity index (χ3v) is 8.56. The molecule has 0 radical (unpaired) electrons. The molecule has 1 aliphatic heterocycles. The van der Waals surface area contributed by atoms with Crippen LogP contribution in [0.2, 0.25) is 0 Å². The van der Waals surface area contributed by atoms with Crippen molar-refractivity contribution < 1.29 is 31.3 Å². The topological polar surface area (TPSA) is 118 Å². The SMILES string of the molecule is CC(C)(C)OC(=O)N[C@@H](Cc1ccc(OS(=O)(=O)c2cccc3cnccc23)cc1)C(=O)N1CCN(c2ccc(F)cc2)CC1. The summed E-state index contributed by atoms with van der Waals surface area (Å²) in [6.07, 6.45) is 2.52. The summed E-state index contributed by atoms with van der Waals surface area (Å²) in [6, 6.07) is 18.1. The van der Waals surface area contributed by atoms with Gasteiger partial charge in [-0.25, -0.2) is 9.18 Å². The van der Waals surface area contributed by atoms with E-state index < -0.39 is 27.9 Å². The number of hydrogen-bond donors (Lipinski definition) is 1. The molecule has 5 rings (SSSR count). The number of rotatable bonds is 8. The fraction of sp³-hybridized carbons (Fsp3) is 0.303. The summed E-state index contributed by atoms with van der Waals surface area (Å²) in [5.41, 5.74) is 0.785. The van der Waals surface area contributed by atoms with E-state index in [9.17, 15) is 22.4 Å². The molecule has 4 aromatic rings. The van der Waals surface area contributed by atoms with Crippen LogP contribution in [0.5, 0.6) is 5.75 Å². The van der Waals surface area contributed by atoms with Gasteiger partial charge in [-0.15, -0.1) is 0 Å². The van der Waals surface area contributed by atoms with E-state index in [1.54, 1.807) is 74.3 Å². The highest BCUT2D eigenvalue weighted by atomic mass is 32.2. The first kappa shape index (κ1) is 31.7. The van der Waals surface area contributed by atoms with Gasteiger partial charge in [0.2, 0.25) is 5.91 Å². The van der Waals surface area contributed by atoms with E-state index in [2.05, 4.69) is 15.2 Å². The molecule has 45 heavy (non-hydrogen) atoms. The average Bonchev–Trinajstić information content (AvgIpc) is 3.00. The van der Waals surface area contributed by atoms with Crippen molar-refractivity contribution in [2.45, 2.75) is 43.7 Å². The Kier molecular flexibility index (Phi) is 9.24. The third kappa shape index (κ3) is 8.07. The lowest BCUT2D eigenvalue weighted by Crippen LogP contribution is -2.56. The minimum absolute atomic E-state index is 0.0261. The Balaban J connectivity index is 1.28. The van der Waals surface area contributed by atoms with Crippen molar-refractivity contribution in [3.05, 3.63) is 96.6 Å². The number of pyridine rings is 1. The number of halogens is 1. The smallest absolute Gasteiger partial charge is 0.408 e. The predicted molar refractivity (Wildman–Crippen MR) is 168 cm³/mol. The van der Waals surface area contributed by atoms with Crippen molar-refractivity contribution in [1.82, 2.24) is 15.2 Å². The van der Waals surface area contributed by atoms with Crippen molar-refractivity contribution in [3.63, 3.8) is 0 Å². The molecular weight excluding hydrogens is 599 g/mol. The van der Waals surface area contributed by atoms with E-state index in [4.69, 9.17) is 8.92 Å². The number of nitrogens with one attached hydrogen (secondary N) is 1. The van der Waals surface area contributed by atoms with Crippen molar-refractivity contribution in [3.8, 4) is 5.75 Å². The van der Waals surface area contributed by atoms with Gasteiger partial charge in [-0.3, -0.25) is 9.78 Å². The number of hydrogen-bond acceptors (Lipinski definition) is 8. The number of aromatic nitrogens is 1. The molecule has 3 aromatic carbocycles. The highest BCUT2D eigenvalue weighted by molar-refractivity contribution is 7.87. The number of amides is 2. The quantitative estimate of drug-likeness (QED) is 0.271. The van der Waals surface area contributed by atoms with Crippen LogP contribution in [0, 0.1) is 5.82 Å². The molecule has 1 N–H and O–H groups in total. The number of carbonyl (C=O) groups is 2. The maximum atomic E-state index is 13.7. The van der Waals surface area contributed by atoms with Crippen LogP contribution in [0.15, 0.2) is 90.1 Å². The largest absolute Gasteiger partial charge is 0.444 e. The van der Waals surface area contributed by atoms with E-state index in [0.29, 0.717) is 42.5 Å². The fourth-order valence-corrected chi connectivity index (χ4v) is 6.26. The number of fused-ring (bicyclic) bond motifs is 1. The van der Waals surface area contributed by atoms with Crippen molar-refractivity contribution in [2.75, 3.05) is 31.1 Å². The van der Waals surface area contributed by atoms with Gasteiger partial charge in [-0.2, -0.15) is 8.42 Å². The van der Waals surface area contributed by atoms with Crippen molar-refractivity contribution in [2.24, 2.45) is 0 Å². The second-order valence-corrected chi connectivity index (χ2v) is 13.2. The van der Waals surface area contributed by atoms with Gasteiger partial charge in [-0.1, -0.05) is 24.3 Å². The van der Waals surface area contributed by atoms with Gasteiger partial charge in [0, 0.05) is 61.5 Å². The first-order valence-corrected chi connectivity index (χ1v) is 15.9. The van der Waals surface area contributed by atoms with Crippen LogP contribution >= 0.6 is 0 Å². The molecule has 2 amide bonds. The van der Waals surface area contributed by atoms with Crippen LogP contribution in [0.25, 0.3) is 10.8 Å². The zero-order chi connectivity index (χ0) is 32.2. The van der Waals surface area contributed by atoms with Crippen LogP contribution in [-0.2, 0) is 26.1 Å². The zero-order valence-electron chi connectivity index (χ0n) is 25.3. The van der Waals surface area contributed by atoms with Crippen LogP contribution in [0.3, 0.4) is 0 Å². The van der Waals surface area contributed by atoms with Crippen molar-refractivity contribution >= 4 is 38.6 Å². The van der Waals surface area contributed by atoms with E-state index >= 15 is 0 Å². The molecule has 1 fully saturated rings. The van der Waals surface area contributed by atoms with Gasteiger partial charge in [0.25, 0.3) is 0 Å². The third-order valence-electron chi connectivity index (χ3n) is 7.25. The summed E-state index contributed by atoms with van der Waals surface area (Å²) in [6.45, 7) is 7.13. The summed E-state index contributed by atoms with van der Waals surface area (Å²) in [7, 11) is -4.15. The minimum atomic E-state index is -4.15. The number of carbonyl (C=O) groups excluding carboxylic acids is 2. The molecule has 2 heterocycles. The number of benzene rings is 3. The molecule has 0 bridgehead atoms. The second-order valence-electron chi connectivity index (χ2n) is 11.7.